The van der Waals surface area contributed by atoms with Gasteiger partial charge >= 0.3 is 0 Å². The Morgan fingerprint density at radius 3 is 2.81 bits per heavy atom. The van der Waals surface area contributed by atoms with Crippen LogP contribution in [0.15, 0.2) is 53.8 Å². The van der Waals surface area contributed by atoms with Crippen molar-refractivity contribution in [3.8, 4) is 5.75 Å². The highest BCUT2D eigenvalue weighted by Crippen LogP contribution is 2.35. The molecule has 0 unspecified atom stereocenters. The third-order valence-electron chi connectivity index (χ3n) is 5.09. The number of hydrogen-bond acceptors (Lipinski definition) is 7. The normalized spacial score (nSPS) is 11.0. The average molecular weight is 450 g/mol. The summed E-state index contributed by atoms with van der Waals surface area (Å²) in [5.74, 6) is 0.411. The van der Waals surface area contributed by atoms with Crippen molar-refractivity contribution < 1.29 is 9.53 Å². The van der Waals surface area contributed by atoms with E-state index in [1.807, 2.05) is 37.3 Å². The number of benzene rings is 1. The van der Waals surface area contributed by atoms with Crippen molar-refractivity contribution in [3.05, 3.63) is 76.2 Å². The van der Waals surface area contributed by atoms with Gasteiger partial charge in [0.05, 0.1) is 24.2 Å². The second kappa shape index (κ2) is 9.27. The van der Waals surface area contributed by atoms with Gasteiger partial charge in [-0.15, -0.1) is 0 Å². The van der Waals surface area contributed by atoms with Gasteiger partial charge in [0.15, 0.2) is 5.13 Å². The van der Waals surface area contributed by atoms with E-state index in [1.165, 1.54) is 22.2 Å². The van der Waals surface area contributed by atoms with Gasteiger partial charge in [-0.3, -0.25) is 24.0 Å². The number of nitrogens with zero attached hydrogens (tertiary/aromatic N) is 5. The summed E-state index contributed by atoms with van der Waals surface area (Å²) >= 11 is 1.40. The molecular formula is C23H23N5O3S. The van der Waals surface area contributed by atoms with Crippen LogP contribution in [0.3, 0.4) is 0 Å². The Morgan fingerprint density at radius 1 is 1.22 bits per heavy atom. The number of amides is 1. The highest BCUT2D eigenvalue weighted by Gasteiger charge is 2.22. The first-order valence-corrected chi connectivity index (χ1v) is 11.0. The molecule has 0 saturated heterocycles. The molecule has 164 valence electrons. The van der Waals surface area contributed by atoms with E-state index >= 15 is 0 Å². The number of pyridine rings is 1. The predicted octanol–water partition coefficient (Wildman–Crippen LogP) is 3.50. The van der Waals surface area contributed by atoms with Crippen molar-refractivity contribution in [1.29, 1.82) is 0 Å². The summed E-state index contributed by atoms with van der Waals surface area (Å²) in [5, 5.41) is 0.533. The highest BCUT2D eigenvalue weighted by atomic mass is 32.1. The number of carbonyl (C=O) groups is 1. The number of para-hydroxylation sites is 1. The van der Waals surface area contributed by atoms with E-state index in [9.17, 15) is 9.59 Å². The first kappa shape index (κ1) is 21.6. The van der Waals surface area contributed by atoms with E-state index in [1.54, 1.807) is 31.1 Å². The van der Waals surface area contributed by atoms with Gasteiger partial charge in [0.2, 0.25) is 5.91 Å². The minimum atomic E-state index is -0.266. The zero-order chi connectivity index (χ0) is 22.7. The molecule has 4 aromatic rings. The molecule has 4 rings (SSSR count). The van der Waals surface area contributed by atoms with Crippen LogP contribution in [-0.2, 0) is 17.9 Å². The summed E-state index contributed by atoms with van der Waals surface area (Å²) in [6, 6.07) is 9.44. The van der Waals surface area contributed by atoms with Crippen LogP contribution in [-0.4, -0.2) is 32.0 Å². The minimum absolute atomic E-state index is 0.137. The lowest BCUT2D eigenvalue weighted by Gasteiger charge is -2.20. The highest BCUT2D eigenvalue weighted by molar-refractivity contribution is 7.22. The first-order valence-electron chi connectivity index (χ1n) is 10.2. The van der Waals surface area contributed by atoms with Gasteiger partial charge in [-0.05, 0) is 44.5 Å². The Bertz CT molecular complexity index is 1320. The summed E-state index contributed by atoms with van der Waals surface area (Å²) in [7, 11) is 0. The van der Waals surface area contributed by atoms with Gasteiger partial charge in [0.25, 0.3) is 5.56 Å². The predicted molar refractivity (Wildman–Crippen MR) is 124 cm³/mol. The fraction of sp³-hybridized carbons (Fsp3) is 0.261. The second-order valence-electron chi connectivity index (χ2n) is 7.26. The van der Waals surface area contributed by atoms with Crippen LogP contribution in [0.25, 0.3) is 10.2 Å². The number of rotatable bonds is 7. The Morgan fingerprint density at radius 2 is 2.06 bits per heavy atom. The fourth-order valence-electron chi connectivity index (χ4n) is 3.26. The number of aromatic nitrogens is 4. The Balaban J connectivity index is 1.73. The molecule has 0 N–H and O–H groups in total. The number of carbonyl (C=O) groups excluding carboxylic acids is 1. The van der Waals surface area contributed by atoms with Crippen LogP contribution in [0.1, 0.15) is 23.7 Å². The SMILES string of the molecule is CCOc1cccc2sc(N(Cc3cccnc3)C(=O)Cn3cnc(C)c(C)c3=O)nc12. The third kappa shape index (κ3) is 4.38. The molecule has 0 aliphatic heterocycles. The number of ether oxygens (including phenoxy) is 1. The van der Waals surface area contributed by atoms with E-state index in [0.29, 0.717) is 34.3 Å². The average Bonchev–Trinajstić information content (AvgIpc) is 3.23. The molecule has 3 heterocycles. The van der Waals surface area contributed by atoms with Gasteiger partial charge in [-0.1, -0.05) is 23.5 Å². The van der Waals surface area contributed by atoms with E-state index in [2.05, 4.69) is 9.97 Å². The largest absolute Gasteiger partial charge is 0.492 e. The summed E-state index contributed by atoms with van der Waals surface area (Å²) in [6.07, 6.45) is 4.81. The first-order chi connectivity index (χ1) is 15.5. The summed E-state index contributed by atoms with van der Waals surface area (Å²) < 4.78 is 7.95. The zero-order valence-corrected chi connectivity index (χ0v) is 18.9. The topological polar surface area (TPSA) is 90.2 Å². The van der Waals surface area contributed by atoms with Gasteiger partial charge in [0.1, 0.15) is 17.8 Å². The maximum Gasteiger partial charge on any atom is 0.256 e. The number of thiazole rings is 1. The van der Waals surface area contributed by atoms with Crippen molar-refractivity contribution in [1.82, 2.24) is 19.5 Å². The maximum atomic E-state index is 13.4. The summed E-state index contributed by atoms with van der Waals surface area (Å²) in [4.78, 5) is 40.7. The molecule has 8 nitrogen and oxygen atoms in total. The van der Waals surface area contributed by atoms with Gasteiger partial charge in [0, 0.05) is 23.7 Å². The Kier molecular flexibility index (Phi) is 6.27. The van der Waals surface area contributed by atoms with Crippen molar-refractivity contribution in [2.75, 3.05) is 11.5 Å². The summed E-state index contributed by atoms with van der Waals surface area (Å²) in [6.45, 7) is 6.06. The lowest BCUT2D eigenvalue weighted by molar-refractivity contribution is -0.119. The van der Waals surface area contributed by atoms with E-state index in [0.717, 1.165) is 10.3 Å². The maximum absolute atomic E-state index is 13.4. The molecule has 0 aliphatic rings. The minimum Gasteiger partial charge on any atom is -0.492 e. The molecule has 1 amide bonds. The monoisotopic (exact) mass is 449 g/mol. The number of aryl methyl sites for hydroxylation is 1. The van der Waals surface area contributed by atoms with Crippen molar-refractivity contribution >= 4 is 32.6 Å². The van der Waals surface area contributed by atoms with Gasteiger partial charge in [-0.25, -0.2) is 9.97 Å². The molecule has 0 radical (unpaired) electrons. The molecule has 0 spiro atoms. The summed E-state index contributed by atoms with van der Waals surface area (Å²) in [5.41, 5.74) is 2.52. The number of fused-ring (bicyclic) bond motifs is 1. The van der Waals surface area contributed by atoms with Gasteiger partial charge in [-0.2, -0.15) is 0 Å². The van der Waals surface area contributed by atoms with Crippen molar-refractivity contribution in [2.45, 2.75) is 33.9 Å². The van der Waals surface area contributed by atoms with Crippen LogP contribution in [0, 0.1) is 13.8 Å². The van der Waals surface area contributed by atoms with E-state index < -0.39 is 0 Å². The van der Waals surface area contributed by atoms with Crippen LogP contribution in [0.2, 0.25) is 0 Å². The van der Waals surface area contributed by atoms with Crippen molar-refractivity contribution in [2.24, 2.45) is 0 Å². The number of anilines is 1. The molecule has 9 heteroatoms. The molecule has 0 atom stereocenters. The quantitative estimate of drug-likeness (QED) is 0.429. The standard InChI is InChI=1S/C23H23N5O3S/c1-4-31-18-8-5-9-19-21(18)26-23(32-19)28(12-17-7-6-10-24-11-17)20(29)13-27-14-25-16(3)15(2)22(27)30/h5-11,14H,4,12-13H2,1-3H3. The smallest absolute Gasteiger partial charge is 0.256 e. The van der Waals surface area contributed by atoms with Crippen LogP contribution in [0.4, 0.5) is 5.13 Å². The lowest BCUT2D eigenvalue weighted by atomic mass is 10.2. The molecule has 0 aliphatic carbocycles. The second-order valence-corrected chi connectivity index (χ2v) is 8.27. The fourth-order valence-corrected chi connectivity index (χ4v) is 4.25. The van der Waals surface area contributed by atoms with E-state index in [4.69, 9.17) is 9.72 Å². The van der Waals surface area contributed by atoms with Crippen LogP contribution < -0.4 is 15.2 Å². The molecule has 0 fully saturated rings. The third-order valence-corrected chi connectivity index (χ3v) is 6.13. The molecule has 0 bridgehead atoms. The number of hydrogen-bond donors (Lipinski definition) is 0. The van der Waals surface area contributed by atoms with E-state index in [-0.39, 0.29) is 24.6 Å². The van der Waals surface area contributed by atoms with Gasteiger partial charge < -0.3 is 4.74 Å². The molecule has 3 aromatic heterocycles. The molecular weight excluding hydrogens is 426 g/mol. The zero-order valence-electron chi connectivity index (χ0n) is 18.1. The lowest BCUT2D eigenvalue weighted by Crippen LogP contribution is -2.37. The van der Waals surface area contributed by atoms with Crippen molar-refractivity contribution in [3.63, 3.8) is 0 Å². The Labute approximate surface area is 189 Å². The van der Waals surface area contributed by atoms with Crippen LogP contribution >= 0.6 is 11.3 Å². The molecule has 0 saturated carbocycles. The van der Waals surface area contributed by atoms with Crippen LogP contribution in [0.5, 0.6) is 5.75 Å². The molecule has 32 heavy (non-hydrogen) atoms. The Hall–Kier alpha value is -3.59. The molecule has 1 aromatic carbocycles.